The number of aliphatic hydroxyl groups is 1. The molecule has 1 N–H and O–H groups in total. The first-order chi connectivity index (χ1) is 17.3. The minimum atomic E-state index is -0.772. The van der Waals surface area contributed by atoms with E-state index in [9.17, 15) is 14.7 Å². The molecule has 2 aromatic carbocycles. The third-order valence-corrected chi connectivity index (χ3v) is 6.58. The predicted octanol–water partition coefficient (Wildman–Crippen LogP) is 4.17. The summed E-state index contributed by atoms with van der Waals surface area (Å²) >= 11 is 0. The Kier molecular flexibility index (Phi) is 8.98. The summed E-state index contributed by atoms with van der Waals surface area (Å²) in [6.07, 6.45) is 0. The number of likely N-dealkylation sites (tertiary alicyclic amines) is 1. The van der Waals surface area contributed by atoms with Gasteiger partial charge in [0.15, 0.2) is 11.5 Å². The third-order valence-electron chi connectivity index (χ3n) is 6.58. The number of likely N-dealkylation sites (N-methyl/N-ethyl adjacent to an activating group) is 1. The average Bonchev–Trinajstić information content (AvgIpc) is 3.14. The number of hydrogen-bond acceptors (Lipinski definition) is 7. The summed E-state index contributed by atoms with van der Waals surface area (Å²) in [6, 6.07) is 9.76. The molecule has 1 fully saturated rings. The van der Waals surface area contributed by atoms with Crippen molar-refractivity contribution >= 4 is 17.4 Å². The highest BCUT2D eigenvalue weighted by atomic mass is 16.5. The molecule has 1 atom stereocenters. The molecule has 2 aromatic rings. The summed E-state index contributed by atoms with van der Waals surface area (Å²) in [5.41, 5.74) is 1.91. The van der Waals surface area contributed by atoms with Crippen LogP contribution in [-0.2, 0) is 9.59 Å². The lowest BCUT2D eigenvalue weighted by atomic mass is 9.93. The summed E-state index contributed by atoms with van der Waals surface area (Å²) in [4.78, 5) is 30.3. The molecule has 0 spiro atoms. The maximum Gasteiger partial charge on any atom is 0.295 e. The van der Waals surface area contributed by atoms with Crippen LogP contribution in [0.5, 0.6) is 17.2 Å². The molecule has 0 bridgehead atoms. The van der Waals surface area contributed by atoms with Crippen LogP contribution < -0.4 is 14.2 Å². The Labute approximate surface area is 213 Å². The summed E-state index contributed by atoms with van der Waals surface area (Å²) in [6.45, 7) is 10.9. The molecule has 1 aliphatic rings. The Bertz CT molecular complexity index is 1140. The highest BCUT2D eigenvalue weighted by Crippen LogP contribution is 2.42. The van der Waals surface area contributed by atoms with E-state index in [1.165, 1.54) is 0 Å². The summed E-state index contributed by atoms with van der Waals surface area (Å²) < 4.78 is 16.5. The molecule has 1 amide bonds. The van der Waals surface area contributed by atoms with Crippen LogP contribution >= 0.6 is 0 Å². The van der Waals surface area contributed by atoms with Crippen molar-refractivity contribution in [2.45, 2.75) is 33.7 Å². The van der Waals surface area contributed by atoms with Gasteiger partial charge < -0.3 is 29.1 Å². The van der Waals surface area contributed by atoms with Crippen molar-refractivity contribution in [3.05, 3.63) is 58.7 Å². The number of Topliss-reactive ketones (excluding diaryl/α,β-unsaturated/α-hetero) is 1. The normalized spacial score (nSPS) is 17.1. The van der Waals surface area contributed by atoms with Gasteiger partial charge in [-0.15, -0.1) is 0 Å². The smallest absolute Gasteiger partial charge is 0.295 e. The molecule has 3 rings (SSSR count). The van der Waals surface area contributed by atoms with Crippen LogP contribution in [0.25, 0.3) is 5.76 Å². The molecule has 0 saturated carbocycles. The predicted molar refractivity (Wildman–Crippen MR) is 139 cm³/mol. The number of methoxy groups -OCH3 is 2. The van der Waals surface area contributed by atoms with Crippen molar-refractivity contribution in [2.24, 2.45) is 0 Å². The molecule has 0 aromatic heterocycles. The van der Waals surface area contributed by atoms with Gasteiger partial charge in [0.2, 0.25) is 0 Å². The molecule has 1 aliphatic heterocycles. The van der Waals surface area contributed by atoms with E-state index in [0.717, 1.165) is 18.7 Å². The molecule has 0 aliphatic carbocycles. The van der Waals surface area contributed by atoms with E-state index in [1.807, 2.05) is 19.9 Å². The molecule has 0 unspecified atom stereocenters. The van der Waals surface area contributed by atoms with E-state index < -0.39 is 17.7 Å². The number of carbonyl (C=O) groups is 2. The highest BCUT2D eigenvalue weighted by molar-refractivity contribution is 6.46. The van der Waals surface area contributed by atoms with Crippen molar-refractivity contribution in [3.63, 3.8) is 0 Å². The van der Waals surface area contributed by atoms with Crippen molar-refractivity contribution in [2.75, 3.05) is 47.0 Å². The Hall–Kier alpha value is -3.52. The molecule has 8 heteroatoms. The van der Waals surface area contributed by atoms with Crippen molar-refractivity contribution in [1.29, 1.82) is 0 Å². The van der Waals surface area contributed by atoms with Crippen LogP contribution in [0, 0.1) is 6.92 Å². The van der Waals surface area contributed by atoms with Crippen molar-refractivity contribution < 1.29 is 28.9 Å². The number of ether oxygens (including phenoxy) is 3. The van der Waals surface area contributed by atoms with Crippen LogP contribution in [0.3, 0.4) is 0 Å². The van der Waals surface area contributed by atoms with Gasteiger partial charge in [0, 0.05) is 18.7 Å². The Balaban J connectivity index is 2.17. The van der Waals surface area contributed by atoms with Crippen molar-refractivity contribution in [3.8, 4) is 17.2 Å². The number of carbonyl (C=O) groups excluding carboxylic acids is 2. The van der Waals surface area contributed by atoms with Gasteiger partial charge in [0.05, 0.1) is 32.4 Å². The van der Waals surface area contributed by atoms with E-state index in [2.05, 4.69) is 18.7 Å². The van der Waals surface area contributed by atoms with Crippen molar-refractivity contribution in [1.82, 2.24) is 9.80 Å². The van der Waals surface area contributed by atoms with Crippen LogP contribution in [0.4, 0.5) is 0 Å². The zero-order valence-electron chi connectivity index (χ0n) is 22.0. The van der Waals surface area contributed by atoms with E-state index in [-0.39, 0.29) is 11.3 Å². The number of rotatable bonds is 11. The zero-order chi connectivity index (χ0) is 26.4. The molecule has 1 saturated heterocycles. The van der Waals surface area contributed by atoms with Crippen LogP contribution in [-0.4, -0.2) is 73.6 Å². The number of amides is 1. The molecular formula is C28H36N2O6. The SMILES string of the molecule is CCOc1ccc([C@@H]2/C(=C(\O)c3ccc(OC)cc3C)C(=O)C(=O)N2CCN(CC)CC)cc1OC. The van der Waals surface area contributed by atoms with Gasteiger partial charge in [0.25, 0.3) is 11.7 Å². The number of aliphatic hydroxyl groups excluding tert-OH is 1. The maximum atomic E-state index is 13.4. The fourth-order valence-corrected chi connectivity index (χ4v) is 4.55. The molecule has 194 valence electrons. The number of nitrogens with zero attached hydrogens (tertiary/aromatic N) is 2. The molecule has 36 heavy (non-hydrogen) atoms. The van der Waals surface area contributed by atoms with Gasteiger partial charge >= 0.3 is 0 Å². The Morgan fingerprint density at radius 1 is 1.00 bits per heavy atom. The van der Waals surface area contributed by atoms with Gasteiger partial charge in [-0.3, -0.25) is 9.59 Å². The van der Waals surface area contributed by atoms with Gasteiger partial charge in [-0.25, -0.2) is 0 Å². The summed E-state index contributed by atoms with van der Waals surface area (Å²) in [5.74, 6) is 0.139. The Morgan fingerprint density at radius 2 is 1.72 bits per heavy atom. The lowest BCUT2D eigenvalue weighted by Gasteiger charge is -2.28. The highest BCUT2D eigenvalue weighted by Gasteiger charge is 2.46. The largest absolute Gasteiger partial charge is 0.507 e. The van der Waals surface area contributed by atoms with Crippen LogP contribution in [0.2, 0.25) is 0 Å². The second-order valence-corrected chi connectivity index (χ2v) is 8.54. The van der Waals surface area contributed by atoms with E-state index in [4.69, 9.17) is 14.2 Å². The minimum absolute atomic E-state index is 0.0547. The summed E-state index contributed by atoms with van der Waals surface area (Å²) in [5, 5.41) is 11.4. The average molecular weight is 497 g/mol. The van der Waals surface area contributed by atoms with E-state index >= 15 is 0 Å². The number of hydrogen-bond donors (Lipinski definition) is 1. The number of ketones is 1. The molecule has 1 heterocycles. The monoisotopic (exact) mass is 496 g/mol. The van der Waals surface area contributed by atoms with E-state index in [1.54, 1.807) is 49.5 Å². The van der Waals surface area contributed by atoms with Gasteiger partial charge in [-0.1, -0.05) is 19.9 Å². The van der Waals surface area contributed by atoms with Crippen LogP contribution in [0.15, 0.2) is 42.0 Å². The van der Waals surface area contributed by atoms with E-state index in [0.29, 0.717) is 48.1 Å². The zero-order valence-corrected chi connectivity index (χ0v) is 22.0. The van der Waals surface area contributed by atoms with Gasteiger partial charge in [-0.2, -0.15) is 0 Å². The standard InChI is InChI=1S/C28H36N2O6/c1-7-29(8-2)14-15-30-25(19-10-13-22(36-9-3)23(17-19)35-6)24(27(32)28(30)33)26(31)21-12-11-20(34-5)16-18(21)4/h10-13,16-17,25,31H,7-9,14-15H2,1-6H3/b26-24+/t25-/m1/s1. The summed E-state index contributed by atoms with van der Waals surface area (Å²) in [7, 11) is 3.11. The first kappa shape index (κ1) is 27.1. The molecule has 8 nitrogen and oxygen atoms in total. The van der Waals surface area contributed by atoms with Gasteiger partial charge in [0.1, 0.15) is 11.5 Å². The van der Waals surface area contributed by atoms with Crippen LogP contribution in [0.1, 0.15) is 43.5 Å². The fraction of sp³-hybridized carbons (Fsp3) is 0.429. The quantitative estimate of drug-likeness (QED) is 0.284. The third kappa shape index (κ3) is 5.33. The maximum absolute atomic E-state index is 13.4. The fourth-order valence-electron chi connectivity index (χ4n) is 4.55. The minimum Gasteiger partial charge on any atom is -0.507 e. The topological polar surface area (TPSA) is 88.5 Å². The number of benzene rings is 2. The number of aryl methyl sites for hydroxylation is 1. The lowest BCUT2D eigenvalue weighted by molar-refractivity contribution is -0.140. The first-order valence-corrected chi connectivity index (χ1v) is 12.3. The second kappa shape index (κ2) is 11.9. The van der Waals surface area contributed by atoms with Gasteiger partial charge in [-0.05, 0) is 68.4 Å². The molecule has 0 radical (unpaired) electrons. The second-order valence-electron chi connectivity index (χ2n) is 8.54. The Morgan fingerprint density at radius 3 is 2.31 bits per heavy atom. The first-order valence-electron chi connectivity index (χ1n) is 12.3. The lowest BCUT2D eigenvalue weighted by Crippen LogP contribution is -2.38. The molecular weight excluding hydrogens is 460 g/mol.